The van der Waals surface area contributed by atoms with Crippen molar-refractivity contribution in [3.63, 3.8) is 0 Å². The number of allylic oxidation sites excluding steroid dienone is 2. The minimum atomic E-state index is -1.36. The Kier molecular flexibility index (Phi) is 8.47. The van der Waals surface area contributed by atoms with Crippen molar-refractivity contribution in [3.8, 4) is 11.8 Å². The Bertz CT molecular complexity index is 463. The summed E-state index contributed by atoms with van der Waals surface area (Å²) in [6.45, 7) is 5.65. The van der Waals surface area contributed by atoms with E-state index in [0.717, 1.165) is 32.1 Å². The maximum absolute atomic E-state index is 12.8. The van der Waals surface area contributed by atoms with E-state index in [2.05, 4.69) is 17.9 Å². The van der Waals surface area contributed by atoms with Crippen molar-refractivity contribution in [2.45, 2.75) is 59.3 Å². The Morgan fingerprint density at radius 2 is 1.78 bits per heavy atom. The Morgan fingerprint density at radius 1 is 1.13 bits per heavy atom. The van der Waals surface area contributed by atoms with Crippen LogP contribution in [0, 0.1) is 23.2 Å². The minimum Gasteiger partial charge on any atom is -0.465 e. The van der Waals surface area contributed by atoms with Gasteiger partial charge in [0.05, 0.1) is 13.2 Å². The van der Waals surface area contributed by atoms with Crippen LogP contribution >= 0.6 is 0 Å². The molecule has 0 radical (unpaired) electrons. The molecule has 0 fully saturated rings. The van der Waals surface area contributed by atoms with Crippen LogP contribution in [0.3, 0.4) is 0 Å². The second-order valence-electron chi connectivity index (χ2n) is 5.69. The highest BCUT2D eigenvalue weighted by molar-refractivity contribution is 6.01. The van der Waals surface area contributed by atoms with E-state index >= 15 is 0 Å². The molecule has 0 bridgehead atoms. The average molecular weight is 320 g/mol. The van der Waals surface area contributed by atoms with Crippen molar-refractivity contribution in [1.29, 1.82) is 0 Å². The molecule has 0 aromatic heterocycles. The summed E-state index contributed by atoms with van der Waals surface area (Å²) in [5, 5.41) is 0. The minimum absolute atomic E-state index is 0.135. The number of rotatable bonds is 6. The van der Waals surface area contributed by atoms with Gasteiger partial charge in [-0.3, -0.25) is 9.59 Å². The number of carbonyl (C=O) groups excluding carboxylic acids is 2. The molecule has 0 saturated carbocycles. The van der Waals surface area contributed by atoms with Gasteiger partial charge in [-0.15, -0.1) is 11.8 Å². The van der Waals surface area contributed by atoms with Gasteiger partial charge in [0.1, 0.15) is 0 Å². The van der Waals surface area contributed by atoms with E-state index < -0.39 is 17.4 Å². The molecule has 128 valence electrons. The first-order valence-corrected chi connectivity index (χ1v) is 8.54. The summed E-state index contributed by atoms with van der Waals surface area (Å²) in [5.74, 6) is 4.44. The van der Waals surface area contributed by atoms with Crippen LogP contribution in [0.4, 0.5) is 0 Å². The van der Waals surface area contributed by atoms with Gasteiger partial charge in [0.15, 0.2) is 5.41 Å². The number of ether oxygens (including phenoxy) is 2. The summed E-state index contributed by atoms with van der Waals surface area (Å²) in [7, 11) is 0. The first kappa shape index (κ1) is 19.3. The second-order valence-corrected chi connectivity index (χ2v) is 5.69. The fourth-order valence-corrected chi connectivity index (χ4v) is 2.98. The van der Waals surface area contributed by atoms with Gasteiger partial charge in [0.2, 0.25) is 0 Å². The van der Waals surface area contributed by atoms with Crippen LogP contribution < -0.4 is 0 Å². The summed E-state index contributed by atoms with van der Waals surface area (Å²) in [5.41, 5.74) is -1.36. The molecule has 0 N–H and O–H groups in total. The molecule has 1 rings (SSSR count). The number of carbonyl (C=O) groups is 2. The molecule has 0 aliphatic heterocycles. The summed E-state index contributed by atoms with van der Waals surface area (Å²) in [4.78, 5) is 25.5. The van der Waals surface area contributed by atoms with E-state index in [1.54, 1.807) is 20.8 Å². The summed E-state index contributed by atoms with van der Waals surface area (Å²) >= 11 is 0. The molecule has 4 nitrogen and oxygen atoms in total. The fraction of sp³-hybridized carbons (Fsp3) is 0.684. The Labute approximate surface area is 139 Å². The van der Waals surface area contributed by atoms with E-state index in [1.165, 1.54) is 0 Å². The van der Waals surface area contributed by atoms with Gasteiger partial charge in [-0.05, 0) is 40.0 Å². The Hall–Kier alpha value is -1.76. The van der Waals surface area contributed by atoms with Gasteiger partial charge in [0, 0.05) is 12.3 Å². The van der Waals surface area contributed by atoms with Gasteiger partial charge < -0.3 is 9.47 Å². The molecule has 4 heteroatoms. The number of esters is 2. The zero-order valence-electron chi connectivity index (χ0n) is 14.5. The highest BCUT2D eigenvalue weighted by Gasteiger charge is 2.53. The van der Waals surface area contributed by atoms with Crippen molar-refractivity contribution in [1.82, 2.24) is 0 Å². The lowest BCUT2D eigenvalue weighted by molar-refractivity contribution is -0.175. The SMILES string of the molecule is CC#CCC(C(=O)OCC)(C(=O)OCC)C1/C=C\CCCCC1. The van der Waals surface area contributed by atoms with Crippen LogP contribution in [0.5, 0.6) is 0 Å². The lowest BCUT2D eigenvalue weighted by atomic mass is 9.69. The standard InChI is InChI=1S/C19H28O4/c1-4-7-15-19(17(20)22-5-2,18(21)23-6-3)16-13-11-9-8-10-12-14-16/h11,13,16H,5-6,8-10,12,14-15H2,1-3H3/b13-11-. The van der Waals surface area contributed by atoms with Gasteiger partial charge in [-0.1, -0.05) is 25.0 Å². The maximum atomic E-state index is 12.8. The van der Waals surface area contributed by atoms with Gasteiger partial charge in [0.25, 0.3) is 0 Å². The van der Waals surface area contributed by atoms with E-state index in [9.17, 15) is 9.59 Å². The summed E-state index contributed by atoms with van der Waals surface area (Å²) in [6.07, 6.45) is 9.15. The Balaban J connectivity index is 3.31. The number of hydrogen-bond donors (Lipinski definition) is 0. The highest BCUT2D eigenvalue weighted by Crippen LogP contribution is 2.40. The van der Waals surface area contributed by atoms with Crippen molar-refractivity contribution in [2.75, 3.05) is 13.2 Å². The third-order valence-corrected chi connectivity index (χ3v) is 4.21. The molecule has 1 aliphatic rings. The highest BCUT2D eigenvalue weighted by atomic mass is 16.6. The lowest BCUT2D eigenvalue weighted by Gasteiger charge is -2.34. The van der Waals surface area contributed by atoms with Crippen molar-refractivity contribution < 1.29 is 19.1 Å². The molecular weight excluding hydrogens is 292 g/mol. The van der Waals surface area contributed by atoms with Crippen LogP contribution in [0.25, 0.3) is 0 Å². The van der Waals surface area contributed by atoms with E-state index in [4.69, 9.17) is 9.47 Å². The molecule has 1 atom stereocenters. The van der Waals surface area contributed by atoms with E-state index in [-0.39, 0.29) is 25.6 Å². The van der Waals surface area contributed by atoms with Gasteiger partial charge >= 0.3 is 11.9 Å². The quantitative estimate of drug-likeness (QED) is 0.324. The van der Waals surface area contributed by atoms with Crippen molar-refractivity contribution >= 4 is 11.9 Å². The molecule has 0 heterocycles. The first-order chi connectivity index (χ1) is 11.1. The lowest BCUT2D eigenvalue weighted by Crippen LogP contribution is -2.47. The summed E-state index contributed by atoms with van der Waals surface area (Å²) in [6, 6.07) is 0. The normalized spacial score (nSPS) is 19.5. The van der Waals surface area contributed by atoms with E-state index in [0.29, 0.717) is 0 Å². The summed E-state index contributed by atoms with van der Waals surface area (Å²) < 4.78 is 10.5. The van der Waals surface area contributed by atoms with Crippen LogP contribution in [0.1, 0.15) is 59.3 Å². The molecule has 0 aromatic carbocycles. The maximum Gasteiger partial charge on any atom is 0.325 e. The third kappa shape index (κ3) is 4.86. The smallest absolute Gasteiger partial charge is 0.325 e. The van der Waals surface area contributed by atoms with Gasteiger partial charge in [-0.25, -0.2) is 0 Å². The number of hydrogen-bond acceptors (Lipinski definition) is 4. The van der Waals surface area contributed by atoms with Crippen LogP contribution in [-0.4, -0.2) is 25.2 Å². The predicted molar refractivity (Wildman–Crippen MR) is 89.5 cm³/mol. The van der Waals surface area contributed by atoms with Crippen LogP contribution in [0.2, 0.25) is 0 Å². The zero-order chi connectivity index (χ0) is 17.1. The van der Waals surface area contributed by atoms with E-state index in [1.807, 2.05) is 6.08 Å². The molecular formula is C19H28O4. The molecule has 0 aromatic rings. The van der Waals surface area contributed by atoms with Crippen molar-refractivity contribution in [3.05, 3.63) is 12.2 Å². The molecule has 0 spiro atoms. The topological polar surface area (TPSA) is 52.6 Å². The molecule has 23 heavy (non-hydrogen) atoms. The fourth-order valence-electron chi connectivity index (χ4n) is 2.98. The molecule has 1 aliphatic carbocycles. The molecule has 0 saturated heterocycles. The predicted octanol–water partition coefficient (Wildman–Crippen LogP) is 3.65. The first-order valence-electron chi connectivity index (χ1n) is 8.54. The van der Waals surface area contributed by atoms with Crippen LogP contribution in [0.15, 0.2) is 12.2 Å². The third-order valence-electron chi connectivity index (χ3n) is 4.21. The Morgan fingerprint density at radius 3 is 2.35 bits per heavy atom. The van der Waals surface area contributed by atoms with Crippen molar-refractivity contribution in [2.24, 2.45) is 11.3 Å². The molecule has 0 amide bonds. The molecule has 1 unspecified atom stereocenters. The largest absolute Gasteiger partial charge is 0.465 e. The average Bonchev–Trinajstić information content (AvgIpc) is 2.49. The van der Waals surface area contributed by atoms with Gasteiger partial charge in [-0.2, -0.15) is 0 Å². The van der Waals surface area contributed by atoms with Crippen LogP contribution in [-0.2, 0) is 19.1 Å². The zero-order valence-corrected chi connectivity index (χ0v) is 14.5. The second kappa shape index (κ2) is 10.1. The monoisotopic (exact) mass is 320 g/mol.